The number of hydrogen-bond acceptors (Lipinski definition) is 2. The van der Waals surface area contributed by atoms with E-state index in [4.69, 9.17) is 9.40 Å². The molecule has 0 bridgehead atoms. The Kier molecular flexibility index (Phi) is 6.16. The normalized spacial score (nSPS) is 12.0. The first-order valence-electron chi connectivity index (χ1n) is 15.5. The molecule has 0 aliphatic carbocycles. The van der Waals surface area contributed by atoms with Crippen LogP contribution in [0.5, 0.6) is 0 Å². The Labute approximate surface area is 257 Å². The summed E-state index contributed by atoms with van der Waals surface area (Å²) in [6, 6.07) is 43.3. The van der Waals surface area contributed by atoms with E-state index >= 15 is 0 Å². The summed E-state index contributed by atoms with van der Waals surface area (Å²) in [7, 11) is 0. The summed E-state index contributed by atoms with van der Waals surface area (Å²) in [5.74, 6) is 1.64. The highest BCUT2D eigenvalue weighted by Crippen LogP contribution is 2.41. The molecule has 0 saturated carbocycles. The summed E-state index contributed by atoms with van der Waals surface area (Å²) in [6.07, 6.45) is 0. The highest BCUT2D eigenvalue weighted by Gasteiger charge is 2.24. The van der Waals surface area contributed by atoms with Crippen molar-refractivity contribution in [1.29, 1.82) is 0 Å². The third-order valence-corrected chi connectivity index (χ3v) is 8.94. The zero-order chi connectivity index (χ0) is 29.9. The van der Waals surface area contributed by atoms with Crippen LogP contribution in [0.15, 0.2) is 126 Å². The fourth-order valence-electron chi connectivity index (χ4n) is 6.75. The molecule has 2 heterocycles. The Hall–Kier alpha value is -5.15. The largest absolute Gasteiger partial charge is 0.456 e. The molecule has 0 unspecified atom stereocenters. The van der Waals surface area contributed by atoms with Crippen LogP contribution in [0.2, 0.25) is 0 Å². The van der Waals surface area contributed by atoms with Crippen molar-refractivity contribution in [3.05, 3.63) is 132 Å². The van der Waals surface area contributed by atoms with Crippen LogP contribution < -0.4 is 0 Å². The average molecular weight is 571 g/mol. The van der Waals surface area contributed by atoms with Crippen molar-refractivity contribution in [2.24, 2.45) is 0 Å². The molecule has 0 aliphatic heterocycles. The van der Waals surface area contributed by atoms with Crippen molar-refractivity contribution in [2.45, 2.75) is 39.5 Å². The van der Waals surface area contributed by atoms with Crippen molar-refractivity contribution in [1.82, 2.24) is 9.55 Å². The van der Waals surface area contributed by atoms with Crippen LogP contribution in [0.25, 0.3) is 71.9 Å². The van der Waals surface area contributed by atoms with Crippen molar-refractivity contribution in [3.8, 4) is 28.2 Å². The lowest BCUT2D eigenvalue weighted by Crippen LogP contribution is -2.08. The molecule has 0 atom stereocenters. The lowest BCUT2D eigenvalue weighted by molar-refractivity contribution is 0.669. The van der Waals surface area contributed by atoms with Crippen LogP contribution in [0.3, 0.4) is 0 Å². The number of aromatic nitrogens is 2. The number of furan rings is 1. The van der Waals surface area contributed by atoms with Crippen molar-refractivity contribution >= 4 is 43.7 Å². The van der Waals surface area contributed by atoms with Crippen molar-refractivity contribution in [3.63, 3.8) is 0 Å². The third-order valence-electron chi connectivity index (χ3n) is 8.94. The van der Waals surface area contributed by atoms with Gasteiger partial charge in [-0.2, -0.15) is 0 Å². The lowest BCUT2D eigenvalue weighted by Gasteiger charge is -2.23. The van der Waals surface area contributed by atoms with Crippen LogP contribution in [0.1, 0.15) is 50.7 Å². The average Bonchev–Trinajstić information content (AvgIpc) is 3.62. The first-order chi connectivity index (χ1) is 21.5. The van der Waals surface area contributed by atoms with Gasteiger partial charge in [-0.05, 0) is 75.9 Å². The van der Waals surface area contributed by atoms with Gasteiger partial charge < -0.3 is 4.42 Å². The predicted octanol–water partition coefficient (Wildman–Crippen LogP) is 11.7. The molecule has 2 aromatic heterocycles. The number of imidazole rings is 1. The summed E-state index contributed by atoms with van der Waals surface area (Å²) in [6.45, 7) is 9.14. The maximum Gasteiger partial charge on any atom is 0.145 e. The van der Waals surface area contributed by atoms with Crippen LogP contribution in [-0.4, -0.2) is 9.55 Å². The molecule has 214 valence electrons. The van der Waals surface area contributed by atoms with Gasteiger partial charge in [-0.15, -0.1) is 0 Å². The number of nitrogens with zero attached hydrogens (tertiary/aromatic N) is 2. The van der Waals surface area contributed by atoms with Gasteiger partial charge >= 0.3 is 0 Å². The standard InChI is InChI=1S/C41H34N2O/c1-25(2)31-15-10-16-32(26(3)4)39(31)43-40-33-14-9-8-13-28(33)17-20-36(40)42-41(43)30-19-22-38-35(24-30)34-23-29(18-21-37(34)44-38)27-11-6-5-7-12-27/h5-26H,1-4H3. The molecular weight excluding hydrogens is 536 g/mol. The Morgan fingerprint density at radius 1 is 0.545 bits per heavy atom. The second-order valence-corrected chi connectivity index (χ2v) is 12.4. The molecule has 0 saturated heterocycles. The highest BCUT2D eigenvalue weighted by atomic mass is 16.3. The third kappa shape index (κ3) is 4.15. The summed E-state index contributed by atoms with van der Waals surface area (Å²) in [5, 5.41) is 4.63. The minimum atomic E-state index is 0.348. The van der Waals surface area contributed by atoms with Gasteiger partial charge in [0.05, 0.1) is 16.7 Å². The van der Waals surface area contributed by atoms with E-state index in [1.54, 1.807) is 0 Å². The monoisotopic (exact) mass is 570 g/mol. The molecule has 0 aliphatic rings. The highest BCUT2D eigenvalue weighted by molar-refractivity contribution is 6.09. The second-order valence-electron chi connectivity index (χ2n) is 12.4. The minimum Gasteiger partial charge on any atom is -0.456 e. The van der Waals surface area contributed by atoms with Gasteiger partial charge in [0.15, 0.2) is 0 Å². The predicted molar refractivity (Wildman–Crippen MR) is 185 cm³/mol. The van der Waals surface area contributed by atoms with Crippen LogP contribution in [-0.2, 0) is 0 Å². The van der Waals surface area contributed by atoms with Crippen molar-refractivity contribution in [2.75, 3.05) is 0 Å². The van der Waals surface area contributed by atoms with E-state index in [1.807, 2.05) is 0 Å². The number of hydrogen-bond donors (Lipinski definition) is 0. The number of fused-ring (bicyclic) bond motifs is 6. The lowest BCUT2D eigenvalue weighted by atomic mass is 9.92. The molecule has 0 radical (unpaired) electrons. The van der Waals surface area contributed by atoms with Crippen molar-refractivity contribution < 1.29 is 4.42 Å². The fraction of sp³-hybridized carbons (Fsp3) is 0.146. The van der Waals surface area contributed by atoms with Gasteiger partial charge in [-0.25, -0.2) is 4.98 Å². The maximum atomic E-state index is 6.34. The Balaban J connectivity index is 1.46. The quantitative estimate of drug-likeness (QED) is 0.206. The van der Waals surface area contributed by atoms with Crippen LogP contribution in [0.4, 0.5) is 0 Å². The van der Waals surface area contributed by atoms with E-state index in [-0.39, 0.29) is 0 Å². The molecule has 6 aromatic carbocycles. The summed E-state index contributed by atoms with van der Waals surface area (Å²) >= 11 is 0. The number of rotatable bonds is 5. The van der Waals surface area contributed by atoms with E-state index in [2.05, 4.69) is 154 Å². The van der Waals surface area contributed by atoms with E-state index in [0.717, 1.165) is 44.4 Å². The van der Waals surface area contributed by atoms with E-state index in [1.165, 1.54) is 38.7 Å². The minimum absolute atomic E-state index is 0.348. The van der Waals surface area contributed by atoms with E-state index < -0.39 is 0 Å². The summed E-state index contributed by atoms with van der Waals surface area (Å²) < 4.78 is 8.79. The van der Waals surface area contributed by atoms with Gasteiger partial charge in [0, 0.05) is 21.7 Å². The van der Waals surface area contributed by atoms with Gasteiger partial charge in [0.2, 0.25) is 0 Å². The molecule has 0 amide bonds. The van der Waals surface area contributed by atoms with Gasteiger partial charge in [0.1, 0.15) is 17.0 Å². The van der Waals surface area contributed by atoms with Gasteiger partial charge in [-0.3, -0.25) is 4.57 Å². The van der Waals surface area contributed by atoms with Gasteiger partial charge in [-0.1, -0.05) is 113 Å². The fourth-order valence-corrected chi connectivity index (χ4v) is 6.75. The zero-order valence-electron chi connectivity index (χ0n) is 25.5. The number of para-hydroxylation sites is 1. The van der Waals surface area contributed by atoms with Gasteiger partial charge in [0.25, 0.3) is 0 Å². The van der Waals surface area contributed by atoms with E-state index in [0.29, 0.717) is 11.8 Å². The number of benzene rings is 6. The SMILES string of the molecule is CC(C)c1cccc(C(C)C)c1-n1c(-c2ccc3oc4ccc(-c5ccccc5)cc4c3c2)nc2ccc3ccccc3c21. The molecule has 3 heteroatoms. The molecule has 0 N–H and O–H groups in total. The molecule has 8 rings (SSSR count). The summed E-state index contributed by atoms with van der Waals surface area (Å²) in [4.78, 5) is 5.38. The molecule has 8 aromatic rings. The smallest absolute Gasteiger partial charge is 0.145 e. The summed E-state index contributed by atoms with van der Waals surface area (Å²) in [5.41, 5.74) is 11.3. The van der Waals surface area contributed by atoms with Crippen LogP contribution >= 0.6 is 0 Å². The molecule has 3 nitrogen and oxygen atoms in total. The Morgan fingerprint density at radius 3 is 1.89 bits per heavy atom. The first kappa shape index (κ1) is 26.5. The topological polar surface area (TPSA) is 31.0 Å². The maximum absolute atomic E-state index is 6.34. The molecule has 44 heavy (non-hydrogen) atoms. The molecular formula is C41H34N2O. The first-order valence-corrected chi connectivity index (χ1v) is 15.5. The van der Waals surface area contributed by atoms with Crippen LogP contribution in [0, 0.1) is 0 Å². The molecule has 0 spiro atoms. The Morgan fingerprint density at radius 2 is 1.18 bits per heavy atom. The van der Waals surface area contributed by atoms with E-state index in [9.17, 15) is 0 Å². The zero-order valence-corrected chi connectivity index (χ0v) is 25.5. The second kappa shape index (κ2) is 10.2. The Bertz CT molecular complexity index is 2310. The molecule has 0 fully saturated rings.